The lowest BCUT2D eigenvalue weighted by atomic mass is 10.0. The number of H-pyrrole nitrogens is 2. The third-order valence-electron chi connectivity index (χ3n) is 5.54. The van der Waals surface area contributed by atoms with Gasteiger partial charge in [0.25, 0.3) is 0 Å². The number of likely N-dealkylation sites (tertiary alicyclic amines) is 1. The molecule has 0 spiro atoms. The summed E-state index contributed by atoms with van der Waals surface area (Å²) in [7, 11) is 0. The molecule has 5 heteroatoms. The second kappa shape index (κ2) is 5.74. The Labute approximate surface area is 141 Å². The predicted molar refractivity (Wildman–Crippen MR) is 93.7 cm³/mol. The maximum absolute atomic E-state index is 4.95. The third-order valence-corrected chi connectivity index (χ3v) is 5.54. The van der Waals surface area contributed by atoms with Crippen LogP contribution in [0.25, 0.3) is 10.9 Å². The molecule has 0 bridgehead atoms. The van der Waals surface area contributed by atoms with Gasteiger partial charge in [-0.2, -0.15) is 5.10 Å². The first-order valence-corrected chi connectivity index (χ1v) is 9.10. The number of nitrogens with zero attached hydrogens (tertiary/aromatic N) is 3. The fraction of sp³-hybridized carbons (Fsp3) is 0.474. The molecule has 2 N–H and O–H groups in total. The first-order valence-electron chi connectivity index (χ1n) is 9.10. The molecule has 1 aliphatic carbocycles. The summed E-state index contributed by atoms with van der Waals surface area (Å²) in [5.41, 5.74) is 5.18. The van der Waals surface area contributed by atoms with Crippen LogP contribution in [0, 0.1) is 0 Å². The molecular formula is C19H23N5. The van der Waals surface area contributed by atoms with Gasteiger partial charge in [0, 0.05) is 17.6 Å². The summed E-state index contributed by atoms with van der Waals surface area (Å²) in [6.07, 6.45) is 9.25. The van der Waals surface area contributed by atoms with E-state index in [2.05, 4.69) is 38.3 Å². The molecule has 1 aromatic carbocycles. The highest BCUT2D eigenvalue weighted by atomic mass is 15.2. The summed E-state index contributed by atoms with van der Waals surface area (Å²) in [5.74, 6) is 1.20. The standard InChI is InChI=1S/C19H23N5/c1-2-5-16-15(4-1)21-19(22-16)18-6-3-9-24(18)12-13-7-8-14-11-20-23-17(14)10-13/h7-8,10-11,18H,1-6,9,12H2,(H,20,23)(H,21,22)/t18-/m0/s1. The van der Waals surface area contributed by atoms with Crippen LogP contribution in [-0.4, -0.2) is 31.6 Å². The summed E-state index contributed by atoms with van der Waals surface area (Å²) in [5, 5.41) is 8.37. The maximum Gasteiger partial charge on any atom is 0.124 e. The molecule has 1 aliphatic heterocycles. The molecule has 1 fully saturated rings. The second-order valence-electron chi connectivity index (χ2n) is 7.17. The number of aromatic nitrogens is 4. The number of nitrogens with one attached hydrogen (secondary N) is 2. The van der Waals surface area contributed by atoms with Gasteiger partial charge in [0.05, 0.1) is 23.4 Å². The number of rotatable bonds is 3. The van der Waals surface area contributed by atoms with E-state index in [0.29, 0.717) is 6.04 Å². The van der Waals surface area contributed by atoms with Crippen LogP contribution in [0.4, 0.5) is 0 Å². The lowest BCUT2D eigenvalue weighted by Gasteiger charge is -2.23. The maximum atomic E-state index is 4.95. The van der Waals surface area contributed by atoms with E-state index in [1.54, 1.807) is 0 Å². The van der Waals surface area contributed by atoms with Crippen molar-refractivity contribution in [3.05, 3.63) is 47.2 Å². The van der Waals surface area contributed by atoms with E-state index in [0.717, 1.165) is 25.0 Å². The van der Waals surface area contributed by atoms with Crippen molar-refractivity contribution in [3.8, 4) is 0 Å². The zero-order valence-corrected chi connectivity index (χ0v) is 13.9. The Morgan fingerprint density at radius 1 is 1.17 bits per heavy atom. The fourth-order valence-electron chi connectivity index (χ4n) is 4.28. The van der Waals surface area contributed by atoms with Crippen molar-refractivity contribution in [2.45, 2.75) is 51.1 Å². The van der Waals surface area contributed by atoms with Crippen LogP contribution in [0.1, 0.15) is 54.5 Å². The minimum absolute atomic E-state index is 0.438. The van der Waals surface area contributed by atoms with Crippen LogP contribution < -0.4 is 0 Å². The van der Waals surface area contributed by atoms with Gasteiger partial charge in [-0.3, -0.25) is 10.00 Å². The van der Waals surface area contributed by atoms with Gasteiger partial charge in [-0.15, -0.1) is 0 Å². The molecule has 1 atom stereocenters. The van der Waals surface area contributed by atoms with Crippen LogP contribution in [0.2, 0.25) is 0 Å². The fourth-order valence-corrected chi connectivity index (χ4v) is 4.28. The second-order valence-corrected chi connectivity index (χ2v) is 7.17. The van der Waals surface area contributed by atoms with Crippen molar-refractivity contribution in [2.24, 2.45) is 0 Å². The van der Waals surface area contributed by atoms with Crippen molar-refractivity contribution in [3.63, 3.8) is 0 Å². The average molecular weight is 321 g/mol. The van der Waals surface area contributed by atoms with Crippen LogP contribution in [0.15, 0.2) is 24.4 Å². The van der Waals surface area contributed by atoms with E-state index in [9.17, 15) is 0 Å². The largest absolute Gasteiger partial charge is 0.344 e. The number of imidazole rings is 1. The first kappa shape index (κ1) is 14.2. The lowest BCUT2D eigenvalue weighted by Crippen LogP contribution is -2.23. The summed E-state index contributed by atoms with van der Waals surface area (Å²) in [6.45, 7) is 2.13. The van der Waals surface area contributed by atoms with Crippen LogP contribution >= 0.6 is 0 Å². The highest BCUT2D eigenvalue weighted by Crippen LogP contribution is 2.33. The van der Waals surface area contributed by atoms with Gasteiger partial charge in [-0.25, -0.2) is 4.98 Å². The van der Waals surface area contributed by atoms with Crippen molar-refractivity contribution in [1.29, 1.82) is 0 Å². The Morgan fingerprint density at radius 3 is 3.08 bits per heavy atom. The van der Waals surface area contributed by atoms with Gasteiger partial charge in [0.1, 0.15) is 5.82 Å². The molecular weight excluding hydrogens is 298 g/mol. The number of hydrogen-bond acceptors (Lipinski definition) is 3. The normalized spacial score (nSPS) is 21.4. The van der Waals surface area contributed by atoms with E-state index >= 15 is 0 Å². The summed E-state index contributed by atoms with van der Waals surface area (Å²) in [6, 6.07) is 7.05. The molecule has 124 valence electrons. The summed E-state index contributed by atoms with van der Waals surface area (Å²) >= 11 is 0. The molecule has 5 rings (SSSR count). The Balaban J connectivity index is 1.39. The monoisotopic (exact) mass is 321 g/mol. The average Bonchev–Trinajstić information content (AvgIpc) is 3.33. The molecule has 5 nitrogen and oxygen atoms in total. The topological polar surface area (TPSA) is 60.6 Å². The van der Waals surface area contributed by atoms with Crippen molar-refractivity contribution < 1.29 is 0 Å². The van der Waals surface area contributed by atoms with E-state index in [1.165, 1.54) is 60.3 Å². The highest BCUT2D eigenvalue weighted by Gasteiger charge is 2.29. The third kappa shape index (κ3) is 2.44. The van der Waals surface area contributed by atoms with Crippen molar-refractivity contribution in [1.82, 2.24) is 25.1 Å². The van der Waals surface area contributed by atoms with Crippen LogP contribution in [0.3, 0.4) is 0 Å². The van der Waals surface area contributed by atoms with Crippen molar-refractivity contribution in [2.75, 3.05) is 6.54 Å². The molecule has 24 heavy (non-hydrogen) atoms. The number of benzene rings is 1. The molecule has 3 heterocycles. The number of fused-ring (bicyclic) bond motifs is 2. The molecule has 3 aromatic rings. The molecule has 0 amide bonds. The highest BCUT2D eigenvalue weighted by molar-refractivity contribution is 5.78. The van der Waals surface area contributed by atoms with E-state index in [1.807, 2.05) is 6.20 Å². The van der Waals surface area contributed by atoms with Crippen LogP contribution in [-0.2, 0) is 19.4 Å². The Hall–Kier alpha value is -2.14. The molecule has 0 radical (unpaired) electrons. The van der Waals surface area contributed by atoms with Gasteiger partial charge < -0.3 is 4.98 Å². The van der Waals surface area contributed by atoms with E-state index < -0.39 is 0 Å². The zero-order chi connectivity index (χ0) is 15.9. The van der Waals surface area contributed by atoms with Gasteiger partial charge in [0.15, 0.2) is 0 Å². The molecule has 2 aromatic heterocycles. The Morgan fingerprint density at radius 2 is 2.12 bits per heavy atom. The lowest BCUT2D eigenvalue weighted by molar-refractivity contribution is 0.240. The predicted octanol–water partition coefficient (Wildman–Crippen LogP) is 3.50. The molecule has 2 aliphatic rings. The first-order chi connectivity index (χ1) is 11.9. The number of aryl methyl sites for hydroxylation is 2. The summed E-state index contributed by atoms with van der Waals surface area (Å²) in [4.78, 5) is 11.2. The van der Waals surface area contributed by atoms with E-state index in [-0.39, 0.29) is 0 Å². The van der Waals surface area contributed by atoms with Crippen LogP contribution in [0.5, 0.6) is 0 Å². The minimum atomic E-state index is 0.438. The zero-order valence-electron chi connectivity index (χ0n) is 13.9. The van der Waals surface area contributed by atoms with Gasteiger partial charge in [-0.1, -0.05) is 12.1 Å². The molecule has 0 unspecified atom stereocenters. The molecule has 1 saturated heterocycles. The quantitative estimate of drug-likeness (QED) is 0.776. The van der Waals surface area contributed by atoms with E-state index in [4.69, 9.17) is 4.98 Å². The minimum Gasteiger partial charge on any atom is -0.344 e. The summed E-state index contributed by atoms with van der Waals surface area (Å²) < 4.78 is 0. The van der Waals surface area contributed by atoms with Gasteiger partial charge in [0.2, 0.25) is 0 Å². The number of aromatic amines is 2. The Kier molecular flexibility index (Phi) is 3.40. The smallest absolute Gasteiger partial charge is 0.124 e. The Bertz CT molecular complexity index is 838. The number of hydrogen-bond donors (Lipinski definition) is 2. The van der Waals surface area contributed by atoms with Gasteiger partial charge >= 0.3 is 0 Å². The van der Waals surface area contributed by atoms with Crippen molar-refractivity contribution >= 4 is 10.9 Å². The SMILES string of the molecule is c1cc2cn[nH]c2cc1CN1CCC[C@H]1c1nc2c([nH]1)CCCC2. The molecule has 0 saturated carbocycles. The van der Waals surface area contributed by atoms with Gasteiger partial charge in [-0.05, 0) is 56.7 Å².